The van der Waals surface area contributed by atoms with Crippen LogP contribution in [0.15, 0.2) is 16.8 Å². The van der Waals surface area contributed by atoms with Crippen LogP contribution >= 0.6 is 11.3 Å². The van der Waals surface area contributed by atoms with Crippen LogP contribution in [0.4, 0.5) is 0 Å². The smallest absolute Gasteiger partial charge is 0.0670 e. The van der Waals surface area contributed by atoms with E-state index in [2.05, 4.69) is 21.7 Å². The van der Waals surface area contributed by atoms with Crippen LogP contribution in [0, 0.1) is 5.92 Å². The lowest BCUT2D eigenvalue weighted by atomic mass is 10.00. The predicted molar refractivity (Wildman–Crippen MR) is 80.3 cm³/mol. The van der Waals surface area contributed by atoms with E-state index in [1.165, 1.54) is 44.1 Å². The van der Waals surface area contributed by atoms with Gasteiger partial charge in [-0.2, -0.15) is 11.3 Å². The molecule has 19 heavy (non-hydrogen) atoms. The maximum absolute atomic E-state index is 10.3. The average molecular weight is 279 g/mol. The summed E-state index contributed by atoms with van der Waals surface area (Å²) >= 11 is 1.77. The third-order valence-corrected chi connectivity index (χ3v) is 5.29. The summed E-state index contributed by atoms with van der Waals surface area (Å²) in [6.07, 6.45) is 8.96. The first kappa shape index (κ1) is 13.6. The van der Waals surface area contributed by atoms with Crippen LogP contribution in [0.1, 0.15) is 50.5 Å². The molecule has 1 N–H and O–H groups in total. The second-order valence-electron chi connectivity index (χ2n) is 6.33. The summed E-state index contributed by atoms with van der Waals surface area (Å²) < 4.78 is 0. The highest BCUT2D eigenvalue weighted by Gasteiger charge is 2.31. The van der Waals surface area contributed by atoms with Gasteiger partial charge in [-0.15, -0.1) is 0 Å². The molecule has 106 valence electrons. The number of aliphatic hydroxyl groups is 1. The van der Waals surface area contributed by atoms with Crippen LogP contribution in [0.5, 0.6) is 0 Å². The Morgan fingerprint density at radius 2 is 2.05 bits per heavy atom. The van der Waals surface area contributed by atoms with Crippen LogP contribution in [0.3, 0.4) is 0 Å². The number of nitrogens with zero attached hydrogens (tertiary/aromatic N) is 1. The SMILES string of the molecule is OC(CC1CCCC1)CN(Cc1ccsc1)C1CC1. The summed E-state index contributed by atoms with van der Waals surface area (Å²) in [5.41, 5.74) is 1.41. The summed E-state index contributed by atoms with van der Waals surface area (Å²) in [7, 11) is 0. The van der Waals surface area contributed by atoms with Gasteiger partial charge in [0.05, 0.1) is 6.10 Å². The van der Waals surface area contributed by atoms with Gasteiger partial charge in [-0.05, 0) is 47.6 Å². The van der Waals surface area contributed by atoms with Gasteiger partial charge in [0.25, 0.3) is 0 Å². The minimum absolute atomic E-state index is 0.123. The summed E-state index contributed by atoms with van der Waals surface area (Å²) in [5, 5.41) is 14.7. The van der Waals surface area contributed by atoms with Crippen molar-refractivity contribution < 1.29 is 5.11 Å². The van der Waals surface area contributed by atoms with Gasteiger partial charge in [0, 0.05) is 19.1 Å². The van der Waals surface area contributed by atoms with E-state index in [0.29, 0.717) is 0 Å². The van der Waals surface area contributed by atoms with Crippen LogP contribution in [-0.2, 0) is 6.54 Å². The van der Waals surface area contributed by atoms with Crippen molar-refractivity contribution >= 4 is 11.3 Å². The Morgan fingerprint density at radius 3 is 2.68 bits per heavy atom. The zero-order valence-electron chi connectivity index (χ0n) is 11.6. The van der Waals surface area contributed by atoms with Gasteiger partial charge in [0.2, 0.25) is 0 Å². The van der Waals surface area contributed by atoms with Gasteiger partial charge in [-0.25, -0.2) is 0 Å². The zero-order chi connectivity index (χ0) is 13.1. The molecule has 0 radical (unpaired) electrons. The molecule has 2 aliphatic carbocycles. The summed E-state index contributed by atoms with van der Waals surface area (Å²) in [4.78, 5) is 2.50. The molecule has 2 saturated carbocycles. The maximum Gasteiger partial charge on any atom is 0.0670 e. The van der Waals surface area contributed by atoms with Gasteiger partial charge in [0.1, 0.15) is 0 Å². The Bertz CT molecular complexity index is 368. The molecule has 0 spiro atoms. The van der Waals surface area contributed by atoms with Crippen molar-refractivity contribution in [1.29, 1.82) is 0 Å². The Morgan fingerprint density at radius 1 is 1.26 bits per heavy atom. The van der Waals surface area contributed by atoms with Gasteiger partial charge in [0.15, 0.2) is 0 Å². The fourth-order valence-electron chi connectivity index (χ4n) is 3.38. The molecule has 0 aliphatic heterocycles. The predicted octanol–water partition coefficient (Wildman–Crippen LogP) is 3.65. The summed E-state index contributed by atoms with van der Waals surface area (Å²) in [5.74, 6) is 0.789. The van der Waals surface area contributed by atoms with Crippen molar-refractivity contribution in [3.8, 4) is 0 Å². The number of hydrogen-bond donors (Lipinski definition) is 1. The molecule has 0 bridgehead atoms. The van der Waals surface area contributed by atoms with Gasteiger partial charge in [-0.1, -0.05) is 25.7 Å². The van der Waals surface area contributed by atoms with Crippen molar-refractivity contribution in [1.82, 2.24) is 4.90 Å². The third-order valence-electron chi connectivity index (χ3n) is 4.55. The standard InChI is InChI=1S/C16H25NOS/c18-16(9-13-3-1-2-4-13)11-17(15-5-6-15)10-14-7-8-19-12-14/h7-8,12-13,15-16,18H,1-6,9-11H2. The van der Waals surface area contributed by atoms with Crippen molar-refractivity contribution in [2.45, 2.75) is 63.6 Å². The van der Waals surface area contributed by atoms with Crippen LogP contribution in [0.25, 0.3) is 0 Å². The van der Waals surface area contributed by atoms with E-state index < -0.39 is 0 Å². The maximum atomic E-state index is 10.3. The Balaban J connectivity index is 1.49. The molecule has 2 fully saturated rings. The van der Waals surface area contributed by atoms with E-state index in [4.69, 9.17) is 0 Å². The summed E-state index contributed by atoms with van der Waals surface area (Å²) in [6.45, 7) is 1.90. The van der Waals surface area contributed by atoms with Gasteiger partial charge >= 0.3 is 0 Å². The van der Waals surface area contributed by atoms with Crippen LogP contribution in [0.2, 0.25) is 0 Å². The number of rotatable bonds is 7. The van der Waals surface area contributed by atoms with Gasteiger partial charge < -0.3 is 5.11 Å². The third kappa shape index (κ3) is 4.04. The molecule has 1 atom stereocenters. The molecule has 0 aromatic carbocycles. The van der Waals surface area contributed by atoms with E-state index >= 15 is 0 Å². The van der Waals surface area contributed by atoms with Gasteiger partial charge in [-0.3, -0.25) is 4.90 Å². The monoisotopic (exact) mass is 279 g/mol. The minimum atomic E-state index is -0.123. The normalized spacial score (nSPS) is 22.2. The van der Waals surface area contributed by atoms with E-state index in [1.807, 2.05) is 0 Å². The fraction of sp³-hybridized carbons (Fsp3) is 0.750. The molecule has 0 amide bonds. The molecule has 3 heteroatoms. The first-order valence-electron chi connectivity index (χ1n) is 7.74. The molecule has 3 rings (SSSR count). The molecule has 1 heterocycles. The van der Waals surface area contributed by atoms with Crippen molar-refractivity contribution in [2.24, 2.45) is 5.92 Å². The Labute approximate surface area is 120 Å². The molecule has 1 aromatic heterocycles. The molecule has 0 saturated heterocycles. The van der Waals surface area contributed by atoms with Crippen LogP contribution in [-0.4, -0.2) is 28.7 Å². The number of thiophene rings is 1. The Kier molecular flexibility index (Phi) is 4.57. The molecular weight excluding hydrogens is 254 g/mol. The molecule has 2 nitrogen and oxygen atoms in total. The number of aliphatic hydroxyl groups excluding tert-OH is 1. The highest BCUT2D eigenvalue weighted by Crippen LogP contribution is 2.31. The molecule has 1 aromatic rings. The largest absolute Gasteiger partial charge is 0.392 e. The van der Waals surface area contributed by atoms with E-state index in [1.54, 1.807) is 11.3 Å². The van der Waals surface area contributed by atoms with Crippen molar-refractivity contribution in [3.63, 3.8) is 0 Å². The zero-order valence-corrected chi connectivity index (χ0v) is 12.4. The lowest BCUT2D eigenvalue weighted by Gasteiger charge is -2.26. The van der Waals surface area contributed by atoms with Crippen LogP contribution < -0.4 is 0 Å². The Hall–Kier alpha value is -0.380. The fourth-order valence-corrected chi connectivity index (χ4v) is 4.04. The quantitative estimate of drug-likeness (QED) is 0.823. The summed E-state index contributed by atoms with van der Waals surface area (Å²) in [6, 6.07) is 2.95. The average Bonchev–Trinajstić information content (AvgIpc) is 2.87. The topological polar surface area (TPSA) is 23.5 Å². The molecular formula is C16H25NOS. The second kappa shape index (κ2) is 6.38. The van der Waals surface area contributed by atoms with Crippen molar-refractivity contribution in [3.05, 3.63) is 22.4 Å². The van der Waals surface area contributed by atoms with E-state index in [9.17, 15) is 5.11 Å². The first-order chi connectivity index (χ1) is 9.31. The molecule has 2 aliphatic rings. The van der Waals surface area contributed by atoms with E-state index in [-0.39, 0.29) is 6.10 Å². The first-order valence-corrected chi connectivity index (χ1v) is 8.69. The highest BCUT2D eigenvalue weighted by molar-refractivity contribution is 7.07. The lowest BCUT2D eigenvalue weighted by molar-refractivity contribution is 0.0841. The lowest BCUT2D eigenvalue weighted by Crippen LogP contribution is -2.34. The molecule has 1 unspecified atom stereocenters. The second-order valence-corrected chi connectivity index (χ2v) is 7.11. The highest BCUT2D eigenvalue weighted by atomic mass is 32.1. The number of hydrogen-bond acceptors (Lipinski definition) is 3. The van der Waals surface area contributed by atoms with Crippen molar-refractivity contribution in [2.75, 3.05) is 6.54 Å². The minimum Gasteiger partial charge on any atom is -0.392 e. The van der Waals surface area contributed by atoms with E-state index in [0.717, 1.165) is 31.5 Å².